The highest BCUT2D eigenvalue weighted by Gasteiger charge is 2.52. The normalized spacial score (nSPS) is 17.0. The zero-order valence-electron chi connectivity index (χ0n) is 33.3. The molecule has 0 heterocycles. The Morgan fingerprint density at radius 2 is 0.914 bits per heavy atom. The minimum absolute atomic E-state index is 0.410. The molecular weight excluding hydrogens is 699 g/mol. The first-order chi connectivity index (χ1) is 28.8. The number of hydrogen-bond acceptors (Lipinski definition) is 1. The maximum Gasteiger partial charge on any atom is 0.0731 e. The summed E-state index contributed by atoms with van der Waals surface area (Å²) in [6, 6.07) is 63.5. The highest BCUT2D eigenvalue weighted by Crippen LogP contribution is 2.65. The molecule has 0 N–H and O–H groups in total. The van der Waals surface area contributed by atoms with Crippen LogP contribution in [-0.4, -0.2) is 0 Å². The molecule has 8 aromatic rings. The lowest BCUT2D eigenvalue weighted by Gasteiger charge is -2.32. The monoisotopic (exact) mass is 747 g/mol. The van der Waals surface area contributed by atoms with E-state index in [0.717, 1.165) is 0 Å². The van der Waals surface area contributed by atoms with Crippen molar-refractivity contribution in [2.24, 2.45) is 0 Å². The molecule has 0 atom stereocenters. The fraction of sp³-hybridized carbons (Fsp3) is 0.228. The predicted octanol–water partition coefficient (Wildman–Crippen LogP) is 15.9. The number of benzene rings is 8. The largest absolute Gasteiger partial charge is 0.310 e. The van der Waals surface area contributed by atoms with Gasteiger partial charge in [-0.1, -0.05) is 166 Å². The second kappa shape index (κ2) is 13.6. The van der Waals surface area contributed by atoms with Gasteiger partial charge in [0, 0.05) is 17.1 Å². The van der Waals surface area contributed by atoms with E-state index in [-0.39, 0.29) is 0 Å². The van der Waals surface area contributed by atoms with Crippen molar-refractivity contribution in [3.8, 4) is 22.3 Å². The van der Waals surface area contributed by atoms with Gasteiger partial charge in [-0.25, -0.2) is 0 Å². The number of hydrogen-bond donors (Lipinski definition) is 0. The molecule has 58 heavy (non-hydrogen) atoms. The molecule has 0 aliphatic heterocycles. The van der Waals surface area contributed by atoms with Gasteiger partial charge in [0.15, 0.2) is 0 Å². The highest BCUT2D eigenvalue weighted by molar-refractivity contribution is 6.11. The number of fused-ring (bicyclic) bond motifs is 14. The summed E-state index contributed by atoms with van der Waals surface area (Å²) in [5, 5.41) is 5.22. The fourth-order valence-corrected chi connectivity index (χ4v) is 12.0. The molecule has 2 fully saturated rings. The smallest absolute Gasteiger partial charge is 0.0731 e. The summed E-state index contributed by atoms with van der Waals surface area (Å²) >= 11 is 0. The Labute approximate surface area is 343 Å². The van der Waals surface area contributed by atoms with E-state index in [1.165, 1.54) is 158 Å². The van der Waals surface area contributed by atoms with Gasteiger partial charge in [0.05, 0.1) is 5.41 Å². The molecule has 0 aromatic heterocycles. The van der Waals surface area contributed by atoms with Crippen molar-refractivity contribution < 1.29 is 0 Å². The molecule has 4 aliphatic carbocycles. The van der Waals surface area contributed by atoms with Crippen molar-refractivity contribution in [3.63, 3.8) is 0 Å². The van der Waals surface area contributed by atoms with E-state index in [2.05, 4.69) is 169 Å². The van der Waals surface area contributed by atoms with Crippen LogP contribution < -0.4 is 4.90 Å². The summed E-state index contributed by atoms with van der Waals surface area (Å²) < 4.78 is 0. The van der Waals surface area contributed by atoms with Crippen LogP contribution >= 0.6 is 0 Å². The molecule has 0 radical (unpaired) electrons. The van der Waals surface area contributed by atoms with Crippen molar-refractivity contribution in [2.45, 2.75) is 81.5 Å². The first-order valence-corrected chi connectivity index (χ1v) is 22.1. The quantitative estimate of drug-likeness (QED) is 0.169. The molecule has 12 rings (SSSR count). The standard InChI is InChI=1S/C57H49N/c1-3-13-38(14-4-1)40-23-29-44(30-24-40)58(45-31-25-41(26-32-45)39-15-5-2-6-16-39)46-33-35-48-43(37-46)27-34-51-55-47-18-8-7-17-42(47)28-36-54(55)57(56(48)51)52-21-11-9-19-49(52)50-20-10-12-22-53(50)57/h7-12,17-39H,1-6,13-16H2. The first kappa shape index (κ1) is 34.1. The molecule has 0 unspecified atom stereocenters. The molecule has 0 amide bonds. The summed E-state index contributed by atoms with van der Waals surface area (Å²) in [6.07, 6.45) is 13.4. The Morgan fingerprint density at radius 3 is 1.53 bits per heavy atom. The Hall–Kier alpha value is -5.92. The van der Waals surface area contributed by atoms with Crippen molar-refractivity contribution in [1.82, 2.24) is 0 Å². The SMILES string of the molecule is c1ccc2c(c1)-c1ccccc1C21c2ccc3ccccc3c2-c2ccc3cc(N(c4ccc(C5CCCCC5)cc4)c4ccc(C5CCCCC5)cc4)ccc3c21. The first-order valence-electron chi connectivity index (χ1n) is 22.1. The van der Waals surface area contributed by atoms with Crippen molar-refractivity contribution in [3.05, 3.63) is 197 Å². The van der Waals surface area contributed by atoms with E-state index in [1.807, 2.05) is 0 Å². The zero-order chi connectivity index (χ0) is 38.2. The van der Waals surface area contributed by atoms with Gasteiger partial charge in [0.1, 0.15) is 0 Å². The van der Waals surface area contributed by atoms with Crippen molar-refractivity contribution in [1.29, 1.82) is 0 Å². The van der Waals surface area contributed by atoms with Crippen LogP contribution in [0.2, 0.25) is 0 Å². The van der Waals surface area contributed by atoms with E-state index in [9.17, 15) is 0 Å². The van der Waals surface area contributed by atoms with Gasteiger partial charge in [-0.15, -0.1) is 0 Å². The van der Waals surface area contributed by atoms with Gasteiger partial charge in [-0.05, 0) is 151 Å². The van der Waals surface area contributed by atoms with E-state index in [4.69, 9.17) is 0 Å². The Morgan fingerprint density at radius 1 is 0.379 bits per heavy atom. The summed E-state index contributed by atoms with van der Waals surface area (Å²) in [6.45, 7) is 0. The Balaban J connectivity index is 1.06. The third-order valence-electron chi connectivity index (χ3n) is 14.6. The highest BCUT2D eigenvalue weighted by atomic mass is 15.1. The van der Waals surface area contributed by atoms with Crippen LogP contribution in [0.4, 0.5) is 17.1 Å². The number of anilines is 3. The zero-order valence-corrected chi connectivity index (χ0v) is 33.3. The van der Waals surface area contributed by atoms with Gasteiger partial charge in [-0.3, -0.25) is 0 Å². The van der Waals surface area contributed by atoms with Crippen LogP contribution in [0.15, 0.2) is 164 Å². The second-order valence-electron chi connectivity index (χ2n) is 17.6. The molecule has 1 heteroatoms. The van der Waals surface area contributed by atoms with Gasteiger partial charge in [0.2, 0.25) is 0 Å². The second-order valence-corrected chi connectivity index (χ2v) is 17.6. The molecule has 0 bridgehead atoms. The van der Waals surface area contributed by atoms with Gasteiger partial charge < -0.3 is 4.90 Å². The molecule has 1 nitrogen and oxygen atoms in total. The molecular formula is C57H49N. The lowest BCUT2D eigenvalue weighted by molar-refractivity contribution is 0.443. The average molecular weight is 748 g/mol. The molecule has 4 aliphatic rings. The van der Waals surface area contributed by atoms with Crippen LogP contribution in [0.5, 0.6) is 0 Å². The third kappa shape index (κ3) is 5.08. The molecule has 2 saturated carbocycles. The van der Waals surface area contributed by atoms with E-state index in [0.29, 0.717) is 11.8 Å². The molecule has 0 saturated heterocycles. The fourth-order valence-electron chi connectivity index (χ4n) is 12.0. The van der Waals surface area contributed by atoms with Crippen molar-refractivity contribution >= 4 is 38.6 Å². The summed E-state index contributed by atoms with van der Waals surface area (Å²) in [5.41, 5.74) is 17.2. The number of rotatable bonds is 5. The maximum atomic E-state index is 2.50. The van der Waals surface area contributed by atoms with Gasteiger partial charge >= 0.3 is 0 Å². The maximum absolute atomic E-state index is 2.50. The van der Waals surface area contributed by atoms with Crippen LogP contribution in [-0.2, 0) is 5.41 Å². The van der Waals surface area contributed by atoms with Crippen LogP contribution in [0.25, 0.3) is 43.8 Å². The summed E-state index contributed by atoms with van der Waals surface area (Å²) in [7, 11) is 0. The minimum atomic E-state index is -0.410. The molecule has 282 valence electrons. The predicted molar refractivity (Wildman–Crippen MR) is 244 cm³/mol. The molecule has 8 aromatic carbocycles. The Kier molecular flexibility index (Phi) is 8.00. The lowest BCUT2D eigenvalue weighted by atomic mass is 9.69. The van der Waals surface area contributed by atoms with Crippen LogP contribution in [0.1, 0.15) is 109 Å². The Bertz CT molecular complexity index is 2740. The van der Waals surface area contributed by atoms with Gasteiger partial charge in [0.25, 0.3) is 0 Å². The van der Waals surface area contributed by atoms with E-state index >= 15 is 0 Å². The number of nitrogens with zero attached hydrogens (tertiary/aromatic N) is 1. The summed E-state index contributed by atoms with van der Waals surface area (Å²) in [4.78, 5) is 2.50. The van der Waals surface area contributed by atoms with Crippen molar-refractivity contribution in [2.75, 3.05) is 4.90 Å². The minimum Gasteiger partial charge on any atom is -0.310 e. The topological polar surface area (TPSA) is 3.24 Å². The van der Waals surface area contributed by atoms with E-state index in [1.54, 1.807) is 0 Å². The average Bonchev–Trinajstić information content (AvgIpc) is 3.78. The lowest BCUT2D eigenvalue weighted by Crippen LogP contribution is -2.26. The summed E-state index contributed by atoms with van der Waals surface area (Å²) in [5.74, 6) is 1.38. The van der Waals surface area contributed by atoms with Crippen LogP contribution in [0.3, 0.4) is 0 Å². The van der Waals surface area contributed by atoms with Gasteiger partial charge in [-0.2, -0.15) is 0 Å². The van der Waals surface area contributed by atoms with Crippen LogP contribution in [0, 0.1) is 0 Å². The third-order valence-corrected chi connectivity index (χ3v) is 14.6. The van der Waals surface area contributed by atoms with E-state index < -0.39 is 5.41 Å². The molecule has 1 spiro atoms.